The van der Waals surface area contributed by atoms with Crippen molar-refractivity contribution in [3.05, 3.63) is 58.1 Å². The molecule has 1 heterocycles. The summed E-state index contributed by atoms with van der Waals surface area (Å²) in [6.07, 6.45) is 1.25. The molecule has 5 nitrogen and oxygen atoms in total. The first-order valence-corrected chi connectivity index (χ1v) is 10.3. The summed E-state index contributed by atoms with van der Waals surface area (Å²) in [7, 11) is -3.73. The van der Waals surface area contributed by atoms with Gasteiger partial charge in [-0.15, -0.1) is 0 Å². The van der Waals surface area contributed by atoms with Gasteiger partial charge in [0.25, 0.3) is 10.0 Å². The van der Waals surface area contributed by atoms with E-state index in [0.717, 1.165) is 23.1 Å². The first-order valence-electron chi connectivity index (χ1n) is 8.48. The number of nitrogens with zero attached hydrogens (tertiary/aromatic N) is 1. The number of amides is 1. The van der Waals surface area contributed by atoms with Crippen LogP contribution in [0.1, 0.15) is 30.0 Å². The molecule has 2 aromatic rings. The van der Waals surface area contributed by atoms with Gasteiger partial charge in [-0.2, -0.15) is 0 Å². The monoisotopic (exact) mass is 392 g/mol. The van der Waals surface area contributed by atoms with Crippen molar-refractivity contribution in [1.82, 2.24) is 4.90 Å². The summed E-state index contributed by atoms with van der Waals surface area (Å²) in [6, 6.07) is 10.1. The smallest absolute Gasteiger partial charge is 0.261 e. The lowest BCUT2D eigenvalue weighted by atomic mass is 9.99. The van der Waals surface area contributed by atoms with Gasteiger partial charge < -0.3 is 4.90 Å². The molecule has 2 aromatic carbocycles. The van der Waals surface area contributed by atoms with Gasteiger partial charge in [0, 0.05) is 30.2 Å². The summed E-state index contributed by atoms with van der Waals surface area (Å²) >= 11 is 6.05. The Balaban J connectivity index is 1.84. The molecule has 0 aromatic heterocycles. The molecule has 138 valence electrons. The van der Waals surface area contributed by atoms with E-state index in [1.807, 2.05) is 19.9 Å². The Labute approximate surface area is 159 Å². The summed E-state index contributed by atoms with van der Waals surface area (Å²) in [5.41, 5.74) is 3.41. The zero-order valence-corrected chi connectivity index (χ0v) is 16.3. The zero-order chi connectivity index (χ0) is 18.9. The molecule has 0 saturated heterocycles. The number of rotatable bonds is 4. The second-order valence-corrected chi connectivity index (χ2v) is 8.51. The lowest BCUT2D eigenvalue weighted by Gasteiger charge is -2.29. The third-order valence-corrected chi connectivity index (χ3v) is 6.37. The van der Waals surface area contributed by atoms with Crippen LogP contribution in [0, 0.1) is 6.92 Å². The summed E-state index contributed by atoms with van der Waals surface area (Å²) in [5, 5.41) is 0.409. The quantitative estimate of drug-likeness (QED) is 0.861. The number of aryl methyl sites for hydroxylation is 1. The normalized spacial score (nSPS) is 14.0. The van der Waals surface area contributed by atoms with Crippen LogP contribution >= 0.6 is 11.6 Å². The van der Waals surface area contributed by atoms with Crippen LogP contribution in [0.25, 0.3) is 0 Å². The van der Waals surface area contributed by atoms with Crippen LogP contribution in [0.2, 0.25) is 5.02 Å². The van der Waals surface area contributed by atoms with E-state index in [-0.39, 0.29) is 10.8 Å². The fourth-order valence-corrected chi connectivity index (χ4v) is 4.33. The van der Waals surface area contributed by atoms with E-state index >= 15 is 0 Å². The Hall–Kier alpha value is -2.05. The van der Waals surface area contributed by atoms with Crippen molar-refractivity contribution in [2.24, 2.45) is 0 Å². The topological polar surface area (TPSA) is 66.5 Å². The predicted molar refractivity (Wildman–Crippen MR) is 103 cm³/mol. The summed E-state index contributed by atoms with van der Waals surface area (Å²) in [4.78, 5) is 13.9. The average Bonchev–Trinajstić information content (AvgIpc) is 2.62. The van der Waals surface area contributed by atoms with Gasteiger partial charge in [0.2, 0.25) is 5.91 Å². The van der Waals surface area contributed by atoms with E-state index in [9.17, 15) is 13.2 Å². The Morgan fingerprint density at radius 2 is 1.96 bits per heavy atom. The van der Waals surface area contributed by atoms with Crippen molar-refractivity contribution in [1.29, 1.82) is 0 Å². The number of benzene rings is 2. The van der Waals surface area contributed by atoms with Gasteiger partial charge in [-0.25, -0.2) is 8.42 Å². The van der Waals surface area contributed by atoms with Crippen molar-refractivity contribution < 1.29 is 13.2 Å². The molecule has 0 spiro atoms. The molecular weight excluding hydrogens is 372 g/mol. The highest BCUT2D eigenvalue weighted by Gasteiger charge is 2.21. The highest BCUT2D eigenvalue weighted by molar-refractivity contribution is 7.92. The maximum atomic E-state index is 12.6. The number of carbonyl (C=O) groups is 1. The Morgan fingerprint density at radius 3 is 2.65 bits per heavy atom. The fraction of sp³-hybridized carbons (Fsp3) is 0.316. The molecule has 3 rings (SSSR count). The third kappa shape index (κ3) is 3.86. The Morgan fingerprint density at radius 1 is 1.19 bits per heavy atom. The van der Waals surface area contributed by atoms with Crippen LogP contribution in [-0.4, -0.2) is 25.8 Å². The molecule has 7 heteroatoms. The van der Waals surface area contributed by atoms with Gasteiger partial charge >= 0.3 is 0 Å². The largest absolute Gasteiger partial charge is 0.338 e. The third-order valence-electron chi connectivity index (χ3n) is 4.58. The van der Waals surface area contributed by atoms with Crippen LogP contribution in [0.4, 0.5) is 5.69 Å². The van der Waals surface area contributed by atoms with E-state index in [1.54, 1.807) is 23.1 Å². The second-order valence-electron chi connectivity index (χ2n) is 6.42. The minimum absolute atomic E-state index is 0.107. The number of hydrogen-bond donors (Lipinski definition) is 1. The summed E-state index contributed by atoms with van der Waals surface area (Å²) in [6.45, 7) is 4.87. The van der Waals surface area contributed by atoms with Crippen molar-refractivity contribution in [3.8, 4) is 0 Å². The maximum Gasteiger partial charge on any atom is 0.261 e. The molecule has 0 radical (unpaired) electrons. The number of fused-ring (bicyclic) bond motifs is 1. The summed E-state index contributed by atoms with van der Waals surface area (Å²) < 4.78 is 27.8. The number of hydrogen-bond acceptors (Lipinski definition) is 3. The van der Waals surface area contributed by atoms with Crippen LogP contribution in [-0.2, 0) is 27.8 Å². The molecule has 26 heavy (non-hydrogen) atoms. The SMILES string of the molecule is CCC(=O)N1CCc2ccc(NS(=O)(=O)c3ccc(C)c(Cl)c3)cc2C1. The molecule has 1 aliphatic heterocycles. The fourth-order valence-electron chi connectivity index (χ4n) is 3.01. The first-order chi connectivity index (χ1) is 12.3. The van der Waals surface area contributed by atoms with Gasteiger partial charge in [0.15, 0.2) is 0 Å². The van der Waals surface area contributed by atoms with E-state index in [2.05, 4.69) is 4.72 Å². The maximum absolute atomic E-state index is 12.6. The molecular formula is C19H21ClN2O3S. The van der Waals surface area contributed by atoms with Gasteiger partial charge in [0.1, 0.15) is 0 Å². The Bertz CT molecular complexity index is 957. The molecule has 0 unspecified atom stereocenters. The number of carbonyl (C=O) groups excluding carboxylic acids is 1. The minimum Gasteiger partial charge on any atom is -0.338 e. The van der Waals surface area contributed by atoms with Crippen molar-refractivity contribution in [2.45, 2.75) is 38.1 Å². The minimum atomic E-state index is -3.73. The van der Waals surface area contributed by atoms with Gasteiger partial charge in [0.05, 0.1) is 4.90 Å². The molecule has 1 aliphatic rings. The molecule has 0 atom stereocenters. The summed E-state index contributed by atoms with van der Waals surface area (Å²) in [5.74, 6) is 0.107. The van der Waals surface area contributed by atoms with E-state index < -0.39 is 10.0 Å². The molecule has 1 N–H and O–H groups in total. The lowest BCUT2D eigenvalue weighted by Crippen LogP contribution is -2.35. The molecule has 0 aliphatic carbocycles. The number of halogens is 1. The van der Waals surface area contributed by atoms with Gasteiger partial charge in [-0.1, -0.05) is 30.7 Å². The number of sulfonamides is 1. The number of nitrogens with one attached hydrogen (secondary N) is 1. The van der Waals surface area contributed by atoms with Gasteiger partial charge in [-0.05, 0) is 54.3 Å². The first kappa shape index (κ1) is 18.7. The predicted octanol–water partition coefficient (Wildman–Crippen LogP) is 3.74. The standard InChI is InChI=1S/C19H21ClN2O3S/c1-3-19(23)22-9-8-14-5-6-16(10-15(14)12-22)21-26(24,25)17-7-4-13(2)18(20)11-17/h4-7,10-11,21H,3,8-9,12H2,1-2H3. The van der Waals surface area contributed by atoms with E-state index in [4.69, 9.17) is 11.6 Å². The van der Waals surface area contributed by atoms with Crippen LogP contribution in [0.5, 0.6) is 0 Å². The average molecular weight is 393 g/mol. The van der Waals surface area contributed by atoms with E-state index in [1.165, 1.54) is 12.1 Å². The lowest BCUT2D eigenvalue weighted by molar-refractivity contribution is -0.131. The van der Waals surface area contributed by atoms with Crippen molar-refractivity contribution >= 4 is 33.2 Å². The number of anilines is 1. The highest BCUT2D eigenvalue weighted by atomic mass is 35.5. The van der Waals surface area contributed by atoms with Crippen molar-refractivity contribution in [2.75, 3.05) is 11.3 Å². The second kappa shape index (κ2) is 7.29. The van der Waals surface area contributed by atoms with Crippen molar-refractivity contribution in [3.63, 3.8) is 0 Å². The highest BCUT2D eigenvalue weighted by Crippen LogP contribution is 2.26. The van der Waals surface area contributed by atoms with E-state index in [0.29, 0.717) is 30.2 Å². The van der Waals surface area contributed by atoms with Crippen LogP contribution in [0.3, 0.4) is 0 Å². The molecule has 1 amide bonds. The Kier molecular flexibility index (Phi) is 5.25. The molecule has 0 fully saturated rings. The zero-order valence-electron chi connectivity index (χ0n) is 14.8. The van der Waals surface area contributed by atoms with Crippen LogP contribution < -0.4 is 4.72 Å². The van der Waals surface area contributed by atoms with Crippen LogP contribution in [0.15, 0.2) is 41.3 Å². The van der Waals surface area contributed by atoms with Gasteiger partial charge in [-0.3, -0.25) is 9.52 Å². The molecule has 0 saturated carbocycles. The molecule has 0 bridgehead atoms.